The third kappa shape index (κ3) is 4.72. The number of amides is 1. The van der Waals surface area contributed by atoms with Crippen molar-refractivity contribution in [2.75, 3.05) is 5.32 Å². The maximum absolute atomic E-state index is 13.0. The van der Waals surface area contributed by atoms with E-state index in [2.05, 4.69) is 17.1 Å². The highest BCUT2D eigenvalue weighted by molar-refractivity contribution is 6.31. The van der Waals surface area contributed by atoms with Crippen LogP contribution in [0.15, 0.2) is 88.4 Å². The van der Waals surface area contributed by atoms with Gasteiger partial charge in [-0.3, -0.25) is 9.79 Å². The van der Waals surface area contributed by atoms with Crippen molar-refractivity contribution >= 4 is 34.5 Å². The predicted molar refractivity (Wildman–Crippen MR) is 135 cm³/mol. The summed E-state index contributed by atoms with van der Waals surface area (Å²) in [6, 6.07) is 13.1. The Balaban J connectivity index is 1.81. The van der Waals surface area contributed by atoms with Crippen LogP contribution in [-0.2, 0) is 4.79 Å². The number of aryl methyl sites for hydroxylation is 1. The Morgan fingerprint density at radius 3 is 2.53 bits per heavy atom. The lowest BCUT2D eigenvalue weighted by Crippen LogP contribution is -2.16. The van der Waals surface area contributed by atoms with Gasteiger partial charge in [0.05, 0.1) is 23.4 Å². The molecule has 1 atom stereocenters. The molecule has 0 saturated heterocycles. The molecule has 1 amide bonds. The van der Waals surface area contributed by atoms with Crippen LogP contribution >= 0.6 is 11.6 Å². The summed E-state index contributed by atoms with van der Waals surface area (Å²) in [5.74, 6) is 0.393. The molecule has 172 valence electrons. The van der Waals surface area contributed by atoms with Crippen LogP contribution in [0.25, 0.3) is 5.57 Å². The molecule has 0 aliphatic carbocycles. The maximum Gasteiger partial charge on any atom is 0.227 e. The highest BCUT2D eigenvalue weighted by atomic mass is 35.5. The highest BCUT2D eigenvalue weighted by Crippen LogP contribution is 2.39. The van der Waals surface area contributed by atoms with E-state index in [1.165, 1.54) is 12.1 Å². The van der Waals surface area contributed by atoms with Gasteiger partial charge in [-0.05, 0) is 55.8 Å². The van der Waals surface area contributed by atoms with E-state index in [0.29, 0.717) is 27.9 Å². The number of phenols is 1. The van der Waals surface area contributed by atoms with Crippen LogP contribution in [0.5, 0.6) is 5.75 Å². The van der Waals surface area contributed by atoms with Gasteiger partial charge in [0.2, 0.25) is 5.91 Å². The normalized spacial score (nSPS) is 15.6. The van der Waals surface area contributed by atoms with E-state index in [1.807, 2.05) is 50.3 Å². The lowest BCUT2D eigenvalue weighted by Gasteiger charge is -2.13. The molecule has 3 aromatic rings. The molecule has 1 aromatic heterocycles. The molecule has 0 spiro atoms. The number of nitrogens with one attached hydrogen (secondary N) is 1. The van der Waals surface area contributed by atoms with Crippen molar-refractivity contribution < 1.29 is 14.4 Å². The Hall–Kier alpha value is -3.90. The standard InChI is InChI=1S/C27H24ClN3O3/c1-4-6-22-21(5-2)25-16(3)31-34-27(25)23(30-26(22)17-7-9-18(28)10-8-17)15-24(33)29-19-11-13-20(32)14-12-19/h4-14,23,32H,2,15H2,1,3H3,(H,29,33)/b6-4-/t23-/m0/s1. The number of rotatable bonds is 6. The quantitative estimate of drug-likeness (QED) is 0.404. The van der Waals surface area contributed by atoms with Crippen molar-refractivity contribution in [3.63, 3.8) is 0 Å². The average Bonchev–Trinajstić information content (AvgIpc) is 3.14. The third-order valence-electron chi connectivity index (χ3n) is 5.48. The second kappa shape index (κ2) is 9.93. The van der Waals surface area contributed by atoms with Crippen molar-refractivity contribution in [3.8, 4) is 5.75 Å². The molecule has 4 rings (SSSR count). The Kier molecular flexibility index (Phi) is 6.80. The monoisotopic (exact) mass is 473 g/mol. The van der Waals surface area contributed by atoms with Gasteiger partial charge < -0.3 is 14.9 Å². The summed E-state index contributed by atoms with van der Waals surface area (Å²) in [6.45, 7) is 7.83. The number of allylic oxidation sites excluding steroid dienone is 5. The first-order valence-electron chi connectivity index (χ1n) is 10.8. The number of benzene rings is 2. The van der Waals surface area contributed by atoms with Crippen LogP contribution in [0.1, 0.15) is 42.0 Å². The molecule has 34 heavy (non-hydrogen) atoms. The summed E-state index contributed by atoms with van der Waals surface area (Å²) in [4.78, 5) is 18.0. The minimum Gasteiger partial charge on any atom is -0.508 e. The van der Waals surface area contributed by atoms with E-state index in [1.54, 1.807) is 18.2 Å². The first-order chi connectivity index (χ1) is 16.4. The highest BCUT2D eigenvalue weighted by Gasteiger charge is 2.31. The van der Waals surface area contributed by atoms with Crippen LogP contribution in [0.3, 0.4) is 0 Å². The number of fused-ring (bicyclic) bond motifs is 1. The Bertz CT molecular complexity index is 1320. The van der Waals surface area contributed by atoms with Crippen LogP contribution in [0, 0.1) is 6.92 Å². The fraction of sp³-hybridized carbons (Fsp3) is 0.148. The Morgan fingerprint density at radius 1 is 1.18 bits per heavy atom. The zero-order valence-corrected chi connectivity index (χ0v) is 19.6. The fourth-order valence-electron chi connectivity index (χ4n) is 3.94. The minimum atomic E-state index is -0.614. The lowest BCUT2D eigenvalue weighted by atomic mass is 9.92. The van der Waals surface area contributed by atoms with Gasteiger partial charge in [0.15, 0.2) is 5.76 Å². The van der Waals surface area contributed by atoms with E-state index in [4.69, 9.17) is 21.1 Å². The zero-order valence-electron chi connectivity index (χ0n) is 18.9. The van der Waals surface area contributed by atoms with Gasteiger partial charge in [-0.25, -0.2) is 0 Å². The van der Waals surface area contributed by atoms with Crippen LogP contribution in [0.2, 0.25) is 5.02 Å². The molecule has 2 heterocycles. The van der Waals surface area contributed by atoms with Crippen LogP contribution < -0.4 is 5.32 Å². The summed E-state index contributed by atoms with van der Waals surface area (Å²) in [7, 11) is 0. The summed E-state index contributed by atoms with van der Waals surface area (Å²) >= 11 is 6.12. The first kappa shape index (κ1) is 23.3. The Labute approximate surface area is 203 Å². The number of halogens is 1. The molecular weight excluding hydrogens is 450 g/mol. The third-order valence-corrected chi connectivity index (χ3v) is 5.73. The molecule has 7 heteroatoms. The van der Waals surface area contributed by atoms with E-state index in [-0.39, 0.29) is 18.1 Å². The molecule has 0 radical (unpaired) electrons. The zero-order chi connectivity index (χ0) is 24.2. The van der Waals surface area contributed by atoms with Gasteiger partial charge in [0.1, 0.15) is 11.8 Å². The first-order valence-corrected chi connectivity index (χ1v) is 11.2. The van der Waals surface area contributed by atoms with Gasteiger partial charge in [-0.15, -0.1) is 0 Å². The molecule has 2 N–H and O–H groups in total. The molecule has 0 fully saturated rings. The van der Waals surface area contributed by atoms with E-state index in [0.717, 1.165) is 22.3 Å². The second-order valence-electron chi connectivity index (χ2n) is 7.84. The number of hydrogen-bond donors (Lipinski definition) is 2. The van der Waals surface area contributed by atoms with Gasteiger partial charge in [0.25, 0.3) is 0 Å². The summed E-state index contributed by atoms with van der Waals surface area (Å²) < 4.78 is 5.71. The van der Waals surface area contributed by atoms with Crippen molar-refractivity contribution in [1.82, 2.24) is 5.16 Å². The second-order valence-corrected chi connectivity index (χ2v) is 8.27. The summed E-state index contributed by atoms with van der Waals surface area (Å²) in [5.41, 5.74) is 5.32. The van der Waals surface area contributed by atoms with Crippen LogP contribution in [-0.4, -0.2) is 21.9 Å². The number of anilines is 1. The van der Waals surface area contributed by atoms with Crippen molar-refractivity contribution in [2.24, 2.45) is 4.99 Å². The lowest BCUT2D eigenvalue weighted by molar-refractivity contribution is -0.116. The fourth-order valence-corrected chi connectivity index (χ4v) is 4.07. The molecule has 0 unspecified atom stereocenters. The molecular formula is C27H24ClN3O3. The largest absolute Gasteiger partial charge is 0.508 e. The van der Waals surface area contributed by atoms with Crippen molar-refractivity contribution in [2.45, 2.75) is 26.3 Å². The predicted octanol–water partition coefficient (Wildman–Crippen LogP) is 6.43. The number of hydrogen-bond acceptors (Lipinski definition) is 5. The van der Waals surface area contributed by atoms with Gasteiger partial charge in [-0.1, -0.05) is 53.7 Å². The number of aliphatic imine (C=N–C) groups is 1. The van der Waals surface area contributed by atoms with Gasteiger partial charge >= 0.3 is 0 Å². The SMILES string of the molecule is C=CC1=C(/C=C\C)C(c2ccc(Cl)cc2)=N[C@@H](CC(=O)Nc2ccc(O)cc2)c2onc(C)c21. The number of aromatic nitrogens is 1. The topological polar surface area (TPSA) is 87.7 Å². The van der Waals surface area contributed by atoms with Crippen LogP contribution in [0.4, 0.5) is 5.69 Å². The smallest absolute Gasteiger partial charge is 0.227 e. The molecule has 0 saturated carbocycles. The van der Waals surface area contributed by atoms with E-state index in [9.17, 15) is 9.90 Å². The van der Waals surface area contributed by atoms with E-state index >= 15 is 0 Å². The van der Waals surface area contributed by atoms with Crippen molar-refractivity contribution in [3.05, 3.63) is 107 Å². The number of phenolic OH excluding ortho intramolecular Hbond substituents is 1. The van der Waals surface area contributed by atoms with Gasteiger partial charge in [-0.2, -0.15) is 0 Å². The molecule has 1 aliphatic heterocycles. The molecule has 2 aromatic carbocycles. The summed E-state index contributed by atoms with van der Waals surface area (Å²) in [5, 5.41) is 17.1. The molecule has 0 bridgehead atoms. The minimum absolute atomic E-state index is 0.0349. The van der Waals surface area contributed by atoms with Gasteiger partial charge in [0, 0.05) is 21.8 Å². The molecule has 1 aliphatic rings. The summed E-state index contributed by atoms with van der Waals surface area (Å²) in [6.07, 6.45) is 5.71. The number of carbonyl (C=O) groups excluding carboxylic acids is 1. The van der Waals surface area contributed by atoms with E-state index < -0.39 is 6.04 Å². The Morgan fingerprint density at radius 2 is 1.88 bits per heavy atom. The number of carbonyl (C=O) groups is 1. The maximum atomic E-state index is 13.0. The average molecular weight is 474 g/mol. The van der Waals surface area contributed by atoms with Crippen molar-refractivity contribution in [1.29, 1.82) is 0 Å². The molecule has 6 nitrogen and oxygen atoms in total. The number of nitrogens with zero attached hydrogens (tertiary/aromatic N) is 2. The number of aromatic hydroxyl groups is 1.